The topological polar surface area (TPSA) is 29.1 Å². The largest absolute Gasteiger partial charge is 0.345 e. The highest BCUT2D eigenvalue weighted by atomic mass is 35.5. The Labute approximate surface area is 153 Å². The normalized spacial score (nSPS) is 12.3. The van der Waals surface area contributed by atoms with E-state index in [0.29, 0.717) is 25.0 Å². The first-order valence-corrected chi connectivity index (χ1v) is 9.00. The van der Waals surface area contributed by atoms with Gasteiger partial charge in [-0.15, -0.1) is 11.3 Å². The van der Waals surface area contributed by atoms with Gasteiger partial charge in [0, 0.05) is 15.1 Å². The maximum atomic E-state index is 13.3. The third-order valence-electron chi connectivity index (χ3n) is 3.78. The van der Waals surface area contributed by atoms with Crippen molar-refractivity contribution in [1.29, 1.82) is 0 Å². The Morgan fingerprint density at radius 2 is 1.92 bits per heavy atom. The van der Waals surface area contributed by atoms with Crippen LogP contribution in [0.5, 0.6) is 0 Å². The smallest absolute Gasteiger partial charge is 0.263 e. The molecule has 2 nitrogen and oxygen atoms in total. The zero-order valence-corrected chi connectivity index (χ0v) is 15.1. The molecule has 0 aliphatic rings. The molecule has 3 rings (SSSR count). The van der Waals surface area contributed by atoms with Gasteiger partial charge in [0.05, 0.1) is 11.1 Å². The molecule has 1 heterocycles. The second kappa shape index (κ2) is 7.09. The van der Waals surface area contributed by atoms with Gasteiger partial charge in [-0.05, 0) is 42.3 Å². The van der Waals surface area contributed by atoms with Crippen molar-refractivity contribution in [2.45, 2.75) is 19.4 Å². The molecule has 0 saturated carbocycles. The fourth-order valence-corrected chi connectivity index (χ4v) is 4.10. The first kappa shape index (κ1) is 17.2. The van der Waals surface area contributed by atoms with Crippen LogP contribution < -0.4 is 5.32 Å². The van der Waals surface area contributed by atoms with Crippen LogP contribution in [-0.4, -0.2) is 5.91 Å². The molecule has 1 N–H and O–H groups in total. The molecule has 0 fully saturated rings. The molecule has 1 unspecified atom stereocenters. The van der Waals surface area contributed by atoms with Crippen molar-refractivity contribution in [2.24, 2.45) is 0 Å². The monoisotopic (exact) mass is 381 g/mol. The minimum atomic E-state index is -0.347. The van der Waals surface area contributed by atoms with E-state index >= 15 is 0 Å². The summed E-state index contributed by atoms with van der Waals surface area (Å²) >= 11 is 13.4. The number of hydrogen-bond acceptors (Lipinski definition) is 2. The number of carbonyl (C=O) groups is 1. The number of carbonyl (C=O) groups excluding carboxylic acids is 1. The Bertz CT molecular complexity index is 892. The molecule has 24 heavy (non-hydrogen) atoms. The van der Waals surface area contributed by atoms with E-state index in [1.54, 1.807) is 18.2 Å². The Balaban J connectivity index is 1.88. The van der Waals surface area contributed by atoms with Gasteiger partial charge in [-0.3, -0.25) is 4.79 Å². The average molecular weight is 382 g/mol. The fourth-order valence-electron chi connectivity index (χ4n) is 2.53. The predicted molar refractivity (Wildman–Crippen MR) is 98.7 cm³/mol. The third-order valence-corrected chi connectivity index (χ3v) is 5.69. The molecular weight excluding hydrogens is 368 g/mol. The molecule has 0 spiro atoms. The van der Waals surface area contributed by atoms with Gasteiger partial charge in [0.25, 0.3) is 5.91 Å². The van der Waals surface area contributed by atoms with Crippen LogP contribution in [0.1, 0.15) is 34.6 Å². The van der Waals surface area contributed by atoms with E-state index in [-0.39, 0.29) is 17.8 Å². The molecule has 6 heteroatoms. The van der Waals surface area contributed by atoms with Gasteiger partial charge < -0.3 is 5.32 Å². The highest BCUT2D eigenvalue weighted by molar-refractivity contribution is 7.21. The Kier molecular flexibility index (Phi) is 5.09. The molecule has 1 atom stereocenters. The van der Waals surface area contributed by atoms with E-state index in [9.17, 15) is 9.18 Å². The lowest BCUT2D eigenvalue weighted by atomic mass is 10.0. The predicted octanol–water partition coefficient (Wildman–Crippen LogP) is 6.23. The third kappa shape index (κ3) is 3.41. The van der Waals surface area contributed by atoms with Gasteiger partial charge in [0.2, 0.25) is 0 Å². The molecule has 2 aromatic carbocycles. The van der Waals surface area contributed by atoms with Gasteiger partial charge >= 0.3 is 0 Å². The Hall–Kier alpha value is -1.62. The van der Waals surface area contributed by atoms with Gasteiger partial charge in [0.15, 0.2) is 0 Å². The number of rotatable bonds is 4. The lowest BCUT2D eigenvalue weighted by Crippen LogP contribution is -2.27. The molecule has 0 radical (unpaired) electrons. The van der Waals surface area contributed by atoms with Gasteiger partial charge in [-0.2, -0.15) is 0 Å². The second-order valence-corrected chi connectivity index (χ2v) is 7.24. The quantitative estimate of drug-likeness (QED) is 0.570. The zero-order valence-electron chi connectivity index (χ0n) is 12.8. The van der Waals surface area contributed by atoms with E-state index < -0.39 is 0 Å². The van der Waals surface area contributed by atoms with E-state index in [1.165, 1.54) is 23.5 Å². The molecule has 3 aromatic rings. The molecule has 1 aromatic heterocycles. The van der Waals surface area contributed by atoms with Crippen LogP contribution in [0.3, 0.4) is 0 Å². The van der Waals surface area contributed by atoms with Crippen molar-refractivity contribution in [3.63, 3.8) is 0 Å². The molecule has 0 bridgehead atoms. The first-order valence-electron chi connectivity index (χ1n) is 7.43. The fraction of sp³-hybridized carbons (Fsp3) is 0.167. The van der Waals surface area contributed by atoms with Crippen LogP contribution in [0.4, 0.5) is 4.39 Å². The van der Waals surface area contributed by atoms with Crippen LogP contribution in [0.15, 0.2) is 42.5 Å². The summed E-state index contributed by atoms with van der Waals surface area (Å²) in [4.78, 5) is 13.0. The van der Waals surface area contributed by atoms with Crippen LogP contribution >= 0.6 is 34.5 Å². The SMILES string of the molecule is CCC(NC(=O)c1sc2cc(F)ccc2c1Cl)c1ccc(Cl)cc1. The number of benzene rings is 2. The van der Waals surface area contributed by atoms with E-state index in [0.717, 1.165) is 12.0 Å². The van der Waals surface area contributed by atoms with Crippen molar-refractivity contribution < 1.29 is 9.18 Å². The van der Waals surface area contributed by atoms with Crippen molar-refractivity contribution in [3.8, 4) is 0 Å². The summed E-state index contributed by atoms with van der Waals surface area (Å²) < 4.78 is 14.0. The summed E-state index contributed by atoms with van der Waals surface area (Å²) in [5, 5.41) is 4.68. The van der Waals surface area contributed by atoms with E-state index in [4.69, 9.17) is 23.2 Å². The zero-order chi connectivity index (χ0) is 17.3. The summed E-state index contributed by atoms with van der Waals surface area (Å²) in [6, 6.07) is 11.5. The molecule has 1 amide bonds. The van der Waals surface area contributed by atoms with Gasteiger partial charge in [-0.1, -0.05) is 42.3 Å². The molecule has 124 valence electrons. The summed E-state index contributed by atoms with van der Waals surface area (Å²) in [5.41, 5.74) is 0.971. The number of amides is 1. The maximum Gasteiger partial charge on any atom is 0.263 e. The van der Waals surface area contributed by atoms with Crippen molar-refractivity contribution in [1.82, 2.24) is 5.32 Å². The molecule has 0 aliphatic heterocycles. The van der Waals surface area contributed by atoms with Crippen LogP contribution in [0.2, 0.25) is 10.0 Å². The maximum absolute atomic E-state index is 13.3. The summed E-state index contributed by atoms with van der Waals surface area (Å²) in [7, 11) is 0. The number of fused-ring (bicyclic) bond motifs is 1. The first-order chi connectivity index (χ1) is 11.5. The highest BCUT2D eigenvalue weighted by Gasteiger charge is 2.20. The van der Waals surface area contributed by atoms with Crippen molar-refractivity contribution >= 4 is 50.5 Å². The van der Waals surface area contributed by atoms with Gasteiger partial charge in [-0.25, -0.2) is 4.39 Å². The molecular formula is C18H14Cl2FNOS. The minimum Gasteiger partial charge on any atom is -0.345 e. The van der Waals surface area contributed by atoms with Crippen LogP contribution in [0, 0.1) is 5.82 Å². The summed E-state index contributed by atoms with van der Waals surface area (Å²) in [5.74, 6) is -0.608. The highest BCUT2D eigenvalue weighted by Crippen LogP contribution is 2.36. The van der Waals surface area contributed by atoms with E-state index in [1.807, 2.05) is 19.1 Å². The van der Waals surface area contributed by atoms with Crippen LogP contribution in [-0.2, 0) is 0 Å². The lowest BCUT2D eigenvalue weighted by molar-refractivity contribution is 0.0940. The van der Waals surface area contributed by atoms with E-state index in [2.05, 4.69) is 5.32 Å². The second-order valence-electron chi connectivity index (χ2n) is 5.37. The Morgan fingerprint density at radius 3 is 2.58 bits per heavy atom. The summed E-state index contributed by atoms with van der Waals surface area (Å²) in [6.45, 7) is 1.99. The lowest BCUT2D eigenvalue weighted by Gasteiger charge is -2.17. The number of nitrogens with one attached hydrogen (secondary N) is 1. The average Bonchev–Trinajstić information content (AvgIpc) is 2.89. The number of thiophene rings is 1. The number of hydrogen-bond donors (Lipinski definition) is 1. The minimum absolute atomic E-state index is 0.146. The van der Waals surface area contributed by atoms with Crippen molar-refractivity contribution in [2.75, 3.05) is 0 Å². The van der Waals surface area contributed by atoms with Crippen LogP contribution in [0.25, 0.3) is 10.1 Å². The number of halogens is 3. The Morgan fingerprint density at radius 1 is 1.21 bits per heavy atom. The molecule has 0 saturated heterocycles. The standard InChI is InChI=1S/C18H14Cl2FNOS/c1-2-14(10-3-5-11(19)6-4-10)22-18(23)17-16(20)13-8-7-12(21)9-15(13)24-17/h3-9,14H,2H2,1H3,(H,22,23). The van der Waals surface area contributed by atoms with Gasteiger partial charge in [0.1, 0.15) is 10.7 Å². The molecule has 0 aliphatic carbocycles. The van der Waals surface area contributed by atoms with Crippen molar-refractivity contribution in [3.05, 3.63) is 68.8 Å². The summed E-state index contributed by atoms with van der Waals surface area (Å²) in [6.07, 6.45) is 0.727.